The molecule has 4 aromatic rings. The number of nitrogens with zero attached hydrogens (tertiary/aromatic N) is 3. The average molecular weight is 508 g/mol. The van der Waals surface area contributed by atoms with Crippen LogP contribution in [0.4, 0.5) is 5.69 Å². The summed E-state index contributed by atoms with van der Waals surface area (Å²) in [5.74, 6) is 1.24. The Morgan fingerprint density at radius 3 is 2.31 bits per heavy atom. The molecule has 1 heterocycles. The summed E-state index contributed by atoms with van der Waals surface area (Å²) < 4.78 is 26.8. The van der Waals surface area contributed by atoms with Crippen LogP contribution in [0.2, 0.25) is 0 Å². The lowest BCUT2D eigenvalue weighted by atomic mass is 10.1. The number of anilines is 1. The molecule has 35 heavy (non-hydrogen) atoms. The summed E-state index contributed by atoms with van der Waals surface area (Å²) in [6.45, 7) is 0.481. The van der Waals surface area contributed by atoms with Gasteiger partial charge in [0.05, 0.1) is 17.0 Å². The molecule has 8 nitrogen and oxygen atoms in total. The first kappa shape index (κ1) is 24.5. The number of aromatic amines is 1. The van der Waals surface area contributed by atoms with Crippen molar-refractivity contribution in [3.05, 3.63) is 90.5 Å². The van der Waals surface area contributed by atoms with E-state index in [0.717, 1.165) is 11.1 Å². The molecular formula is C25H25N5O3S2. The number of hydrogen-bond acceptors (Lipinski definition) is 6. The van der Waals surface area contributed by atoms with E-state index < -0.39 is 10.0 Å². The number of aromatic nitrogens is 3. The standard InChI is InChI=1S/C25H25N5O3S2/c1-30(35(32,33)22-10-6-3-7-11-22)21-14-12-19(13-15-21)18-23(31)26-16-17-34-25-27-24(28-29-25)20-8-4-2-5-9-20/h2-15H,16-18H2,1H3,(H,26,31)(H,27,28,29). The van der Waals surface area contributed by atoms with Gasteiger partial charge in [0.1, 0.15) is 0 Å². The minimum Gasteiger partial charge on any atom is -0.355 e. The number of thioether (sulfide) groups is 1. The minimum atomic E-state index is -3.64. The Bertz CT molecular complexity index is 1360. The number of sulfonamides is 1. The van der Waals surface area contributed by atoms with Gasteiger partial charge in [-0.15, -0.1) is 5.10 Å². The van der Waals surface area contributed by atoms with Crippen molar-refractivity contribution in [2.75, 3.05) is 23.7 Å². The highest BCUT2D eigenvalue weighted by Gasteiger charge is 2.20. The number of nitrogens with one attached hydrogen (secondary N) is 2. The molecule has 0 aliphatic rings. The van der Waals surface area contributed by atoms with Crippen LogP contribution in [-0.4, -0.2) is 48.9 Å². The molecule has 2 N–H and O–H groups in total. The van der Waals surface area contributed by atoms with Crippen molar-refractivity contribution in [2.45, 2.75) is 16.5 Å². The van der Waals surface area contributed by atoms with E-state index in [1.165, 1.54) is 23.1 Å². The Balaban J connectivity index is 1.23. The second-order valence-corrected chi connectivity index (χ2v) is 10.7. The summed E-state index contributed by atoms with van der Waals surface area (Å²) in [5, 5.41) is 10.6. The summed E-state index contributed by atoms with van der Waals surface area (Å²) >= 11 is 1.46. The third-order valence-corrected chi connectivity index (χ3v) is 7.88. The monoisotopic (exact) mass is 507 g/mol. The van der Waals surface area contributed by atoms with Gasteiger partial charge in [-0.2, -0.15) is 0 Å². The first-order valence-electron chi connectivity index (χ1n) is 10.9. The Morgan fingerprint density at radius 2 is 1.63 bits per heavy atom. The number of rotatable bonds is 10. The van der Waals surface area contributed by atoms with Gasteiger partial charge >= 0.3 is 0 Å². The fraction of sp³-hybridized carbons (Fsp3) is 0.160. The van der Waals surface area contributed by atoms with Crippen LogP contribution in [0.15, 0.2) is 95.0 Å². The fourth-order valence-electron chi connectivity index (χ4n) is 3.33. The van der Waals surface area contributed by atoms with E-state index in [9.17, 15) is 13.2 Å². The third-order valence-electron chi connectivity index (χ3n) is 5.23. The molecule has 0 spiro atoms. The van der Waals surface area contributed by atoms with Gasteiger partial charge in [-0.05, 0) is 29.8 Å². The molecule has 0 saturated carbocycles. The van der Waals surface area contributed by atoms with Crippen LogP contribution in [0.3, 0.4) is 0 Å². The van der Waals surface area contributed by atoms with Gasteiger partial charge < -0.3 is 5.32 Å². The van der Waals surface area contributed by atoms with Crippen LogP contribution < -0.4 is 9.62 Å². The number of carbonyl (C=O) groups excluding carboxylic acids is 1. The molecule has 0 aliphatic heterocycles. The number of H-pyrrole nitrogens is 1. The van der Waals surface area contributed by atoms with E-state index in [1.807, 2.05) is 30.3 Å². The van der Waals surface area contributed by atoms with Crippen molar-refractivity contribution in [2.24, 2.45) is 0 Å². The largest absolute Gasteiger partial charge is 0.355 e. The molecule has 10 heteroatoms. The SMILES string of the molecule is CN(c1ccc(CC(=O)NCCSc2n[nH]c(-c3ccccc3)n2)cc1)S(=O)(=O)c1ccccc1. The Labute approximate surface area is 208 Å². The van der Waals surface area contributed by atoms with Crippen molar-refractivity contribution in [3.63, 3.8) is 0 Å². The molecule has 1 amide bonds. The van der Waals surface area contributed by atoms with Crippen LogP contribution in [0.25, 0.3) is 11.4 Å². The minimum absolute atomic E-state index is 0.108. The highest BCUT2D eigenvalue weighted by Crippen LogP contribution is 2.22. The summed E-state index contributed by atoms with van der Waals surface area (Å²) in [7, 11) is -2.13. The molecule has 0 fully saturated rings. The molecule has 180 valence electrons. The van der Waals surface area contributed by atoms with E-state index in [4.69, 9.17) is 0 Å². The van der Waals surface area contributed by atoms with Gasteiger partial charge in [-0.1, -0.05) is 72.4 Å². The summed E-state index contributed by atoms with van der Waals surface area (Å²) in [4.78, 5) is 17.0. The third kappa shape index (κ3) is 6.28. The van der Waals surface area contributed by atoms with E-state index in [0.29, 0.717) is 29.0 Å². The molecular weight excluding hydrogens is 482 g/mol. The van der Waals surface area contributed by atoms with Gasteiger partial charge in [0.25, 0.3) is 10.0 Å². The van der Waals surface area contributed by atoms with E-state index in [2.05, 4.69) is 20.5 Å². The van der Waals surface area contributed by atoms with Crippen LogP contribution >= 0.6 is 11.8 Å². The lowest BCUT2D eigenvalue weighted by molar-refractivity contribution is -0.120. The predicted octanol–water partition coefficient (Wildman–Crippen LogP) is 3.75. The summed E-state index contributed by atoms with van der Waals surface area (Å²) in [6.07, 6.45) is 0.207. The normalized spacial score (nSPS) is 11.2. The lowest BCUT2D eigenvalue weighted by Crippen LogP contribution is -2.27. The summed E-state index contributed by atoms with van der Waals surface area (Å²) in [5.41, 5.74) is 2.29. The van der Waals surface area contributed by atoms with Crippen LogP contribution in [0.5, 0.6) is 0 Å². The molecule has 0 aliphatic carbocycles. The predicted molar refractivity (Wildman–Crippen MR) is 138 cm³/mol. The van der Waals surface area contributed by atoms with Crippen molar-refractivity contribution < 1.29 is 13.2 Å². The first-order valence-corrected chi connectivity index (χ1v) is 13.4. The quantitative estimate of drug-likeness (QED) is 0.250. The fourth-order valence-corrected chi connectivity index (χ4v) is 5.20. The van der Waals surface area contributed by atoms with Gasteiger partial charge in [0, 0.05) is 24.9 Å². The molecule has 4 rings (SSSR count). The van der Waals surface area contributed by atoms with Gasteiger partial charge in [-0.3, -0.25) is 14.2 Å². The maximum atomic E-state index is 12.8. The number of carbonyl (C=O) groups is 1. The lowest BCUT2D eigenvalue weighted by Gasteiger charge is -2.19. The van der Waals surface area contributed by atoms with Crippen LogP contribution in [0, 0.1) is 0 Å². The van der Waals surface area contributed by atoms with Gasteiger partial charge in [0.2, 0.25) is 11.1 Å². The highest BCUT2D eigenvalue weighted by molar-refractivity contribution is 7.99. The second kappa shape index (κ2) is 11.2. The van der Waals surface area contributed by atoms with E-state index in [1.54, 1.807) is 54.6 Å². The molecule has 0 atom stereocenters. The first-order chi connectivity index (χ1) is 16.9. The highest BCUT2D eigenvalue weighted by atomic mass is 32.2. The van der Waals surface area contributed by atoms with Gasteiger partial charge in [0.15, 0.2) is 5.82 Å². The molecule has 3 aromatic carbocycles. The zero-order valence-electron chi connectivity index (χ0n) is 19.1. The molecule has 0 radical (unpaired) electrons. The second-order valence-electron chi connectivity index (χ2n) is 7.66. The molecule has 0 bridgehead atoms. The Kier molecular flexibility index (Phi) is 7.84. The molecule has 0 unspecified atom stereocenters. The van der Waals surface area contributed by atoms with E-state index >= 15 is 0 Å². The maximum Gasteiger partial charge on any atom is 0.264 e. The summed E-state index contributed by atoms with van der Waals surface area (Å²) in [6, 6.07) is 25.0. The van der Waals surface area contributed by atoms with Crippen molar-refractivity contribution in [1.82, 2.24) is 20.5 Å². The number of amides is 1. The van der Waals surface area contributed by atoms with Crippen molar-refractivity contribution in [3.8, 4) is 11.4 Å². The topological polar surface area (TPSA) is 108 Å². The zero-order valence-corrected chi connectivity index (χ0v) is 20.7. The van der Waals surface area contributed by atoms with Crippen molar-refractivity contribution >= 4 is 33.4 Å². The molecule has 1 aromatic heterocycles. The maximum absolute atomic E-state index is 12.8. The van der Waals surface area contributed by atoms with Gasteiger partial charge in [-0.25, -0.2) is 13.4 Å². The Hall–Kier alpha value is -3.63. The Morgan fingerprint density at radius 1 is 0.971 bits per heavy atom. The number of benzene rings is 3. The number of hydrogen-bond donors (Lipinski definition) is 2. The molecule has 0 saturated heterocycles. The average Bonchev–Trinajstić information content (AvgIpc) is 3.37. The van der Waals surface area contributed by atoms with Crippen LogP contribution in [-0.2, 0) is 21.2 Å². The zero-order chi connectivity index (χ0) is 24.7. The smallest absolute Gasteiger partial charge is 0.264 e. The van der Waals surface area contributed by atoms with Crippen LogP contribution in [0.1, 0.15) is 5.56 Å². The van der Waals surface area contributed by atoms with Crippen molar-refractivity contribution in [1.29, 1.82) is 0 Å². The van der Waals surface area contributed by atoms with E-state index in [-0.39, 0.29) is 17.2 Å².